The van der Waals surface area contributed by atoms with E-state index in [0.29, 0.717) is 6.61 Å². The number of nitrogens with zero attached hydrogens (tertiary/aromatic N) is 1. The molecule has 0 amide bonds. The van der Waals surface area contributed by atoms with E-state index in [2.05, 4.69) is 54.2 Å². The maximum absolute atomic E-state index is 7.90. The molecule has 25 heavy (non-hydrogen) atoms. The molecule has 0 fully saturated rings. The number of hydrogen-bond acceptors (Lipinski definition) is 3. The quantitative estimate of drug-likeness (QED) is 0.316. The zero-order chi connectivity index (χ0) is 16.6. The number of allylic oxidation sites excluding steroid dienone is 2. The standard InChI is InChI=1S/C14H16N.C5H12O2.2ClH.Ti/c1-15(2)11-13-9-6-10-14(13)12-7-4-3-5-8-12;1-5(2,3)4-7-6;;;/h3-7,9H,10-11H2,1-2H3;6H,4H2,1-3H3;2*1H;/q-1;;;;. The molecule has 1 aromatic carbocycles. The molecule has 1 aromatic rings. The van der Waals surface area contributed by atoms with Crippen molar-refractivity contribution in [1.29, 1.82) is 0 Å². The van der Waals surface area contributed by atoms with Gasteiger partial charge < -0.3 is 4.90 Å². The van der Waals surface area contributed by atoms with E-state index in [1.807, 2.05) is 32.9 Å². The third-order valence-corrected chi connectivity index (χ3v) is 3.05. The number of hydrogen-bond donors (Lipinski definition) is 1. The molecule has 2 rings (SSSR count). The molecule has 0 bridgehead atoms. The van der Waals surface area contributed by atoms with Crippen molar-refractivity contribution >= 4 is 30.4 Å². The minimum absolute atomic E-state index is 0. The Balaban J connectivity index is -0.000000425. The molecule has 0 atom stereocenters. The summed E-state index contributed by atoms with van der Waals surface area (Å²) in [7, 11) is 4.21. The Hall–Kier alpha value is -0.126. The topological polar surface area (TPSA) is 32.7 Å². The van der Waals surface area contributed by atoms with Crippen LogP contribution in [0.15, 0.2) is 42.0 Å². The third kappa shape index (κ3) is 12.8. The first-order chi connectivity index (χ1) is 10.3. The summed E-state index contributed by atoms with van der Waals surface area (Å²) in [5.41, 5.74) is 4.15. The van der Waals surface area contributed by atoms with Crippen molar-refractivity contribution in [3.8, 4) is 0 Å². The summed E-state index contributed by atoms with van der Waals surface area (Å²) in [6, 6.07) is 11.5. The number of benzene rings is 1. The van der Waals surface area contributed by atoms with E-state index in [0.717, 1.165) is 13.0 Å². The second-order valence-corrected chi connectivity index (χ2v) is 6.96. The SMILES string of the molecule is CC(C)(C)COO.CN(C)CC1=C(c2[c-]cccc2)CC=C1.Cl.Cl.[Ti]. The van der Waals surface area contributed by atoms with E-state index in [1.54, 1.807) is 0 Å². The average Bonchev–Trinajstić information content (AvgIpc) is 2.86. The monoisotopic (exact) mass is 422 g/mol. The molecule has 0 aliphatic heterocycles. The van der Waals surface area contributed by atoms with Crippen LogP contribution in [-0.2, 0) is 26.6 Å². The van der Waals surface area contributed by atoms with E-state index in [9.17, 15) is 0 Å². The molecule has 0 radical (unpaired) electrons. The second-order valence-electron chi connectivity index (χ2n) is 6.96. The van der Waals surface area contributed by atoms with Gasteiger partial charge in [-0.2, -0.15) is 0 Å². The van der Waals surface area contributed by atoms with Crippen molar-refractivity contribution in [3.05, 3.63) is 53.6 Å². The van der Waals surface area contributed by atoms with Crippen LogP contribution in [-0.4, -0.2) is 37.4 Å². The Labute approximate surface area is 180 Å². The second kappa shape index (κ2) is 15.0. The van der Waals surface area contributed by atoms with Gasteiger partial charge in [0.2, 0.25) is 0 Å². The molecular formula is C19H30Cl2NO2Ti-. The minimum atomic E-state index is 0. The van der Waals surface area contributed by atoms with Gasteiger partial charge in [-0.25, -0.2) is 4.89 Å². The first-order valence-corrected chi connectivity index (χ1v) is 7.60. The van der Waals surface area contributed by atoms with E-state index in [-0.39, 0.29) is 51.9 Å². The Morgan fingerprint density at radius 2 is 1.84 bits per heavy atom. The van der Waals surface area contributed by atoms with Crippen molar-refractivity contribution in [2.75, 3.05) is 27.2 Å². The van der Waals surface area contributed by atoms with Crippen LogP contribution in [0.3, 0.4) is 0 Å². The summed E-state index contributed by atoms with van der Waals surface area (Å²) in [4.78, 5) is 6.11. The van der Waals surface area contributed by atoms with Gasteiger partial charge in [-0.05, 0) is 25.9 Å². The fourth-order valence-electron chi connectivity index (χ4n) is 2.10. The third-order valence-electron chi connectivity index (χ3n) is 3.05. The molecule has 1 N–H and O–H groups in total. The van der Waals surface area contributed by atoms with E-state index in [4.69, 9.17) is 5.26 Å². The number of likely N-dealkylation sites (N-methyl/N-ethyl adjacent to an activating group) is 1. The minimum Gasteiger partial charge on any atom is -0.306 e. The fourth-order valence-corrected chi connectivity index (χ4v) is 2.10. The molecule has 0 heterocycles. The molecule has 0 unspecified atom stereocenters. The Bertz CT molecular complexity index is 512. The predicted octanol–water partition coefficient (Wildman–Crippen LogP) is 5.13. The molecular weight excluding hydrogens is 393 g/mol. The van der Waals surface area contributed by atoms with Crippen LogP contribution in [0.1, 0.15) is 32.8 Å². The maximum atomic E-state index is 7.90. The molecule has 0 aromatic heterocycles. The van der Waals surface area contributed by atoms with Crippen molar-refractivity contribution in [3.63, 3.8) is 0 Å². The van der Waals surface area contributed by atoms with Gasteiger partial charge in [0, 0.05) is 28.3 Å². The largest absolute Gasteiger partial charge is 0.306 e. The molecule has 0 saturated carbocycles. The number of halogens is 2. The fraction of sp³-hybridized carbons (Fsp3) is 0.474. The molecule has 3 nitrogen and oxygen atoms in total. The van der Waals surface area contributed by atoms with Crippen molar-refractivity contribution in [2.24, 2.45) is 5.41 Å². The Kier molecular flexibility index (Phi) is 17.8. The summed E-state index contributed by atoms with van der Waals surface area (Å²) in [6.45, 7) is 7.37. The van der Waals surface area contributed by atoms with Crippen molar-refractivity contribution in [1.82, 2.24) is 4.90 Å². The van der Waals surface area contributed by atoms with Crippen LogP contribution in [0.4, 0.5) is 0 Å². The molecule has 0 spiro atoms. The first kappa shape index (κ1) is 29.6. The van der Waals surface area contributed by atoms with Gasteiger partial charge in [0.15, 0.2) is 0 Å². The molecule has 1 aliphatic rings. The Morgan fingerprint density at radius 3 is 2.24 bits per heavy atom. The number of rotatable bonds is 4. The summed E-state index contributed by atoms with van der Waals surface area (Å²) >= 11 is 0. The molecule has 0 saturated heterocycles. The van der Waals surface area contributed by atoms with Gasteiger partial charge in [-0.1, -0.05) is 38.5 Å². The first-order valence-electron chi connectivity index (χ1n) is 7.60. The summed E-state index contributed by atoms with van der Waals surface area (Å²) in [6.07, 6.45) is 5.51. The zero-order valence-corrected chi connectivity index (χ0v) is 18.9. The molecule has 6 heteroatoms. The van der Waals surface area contributed by atoms with Crippen LogP contribution >= 0.6 is 24.8 Å². The summed E-state index contributed by atoms with van der Waals surface area (Å²) in [5, 5.41) is 7.90. The van der Waals surface area contributed by atoms with Crippen molar-refractivity contribution in [2.45, 2.75) is 27.2 Å². The van der Waals surface area contributed by atoms with Crippen molar-refractivity contribution < 1.29 is 31.9 Å². The van der Waals surface area contributed by atoms with Gasteiger partial charge in [0.05, 0.1) is 6.61 Å². The van der Waals surface area contributed by atoms with Gasteiger partial charge >= 0.3 is 0 Å². The van der Waals surface area contributed by atoms with Crippen LogP contribution in [0.2, 0.25) is 0 Å². The van der Waals surface area contributed by atoms with E-state index in [1.165, 1.54) is 16.7 Å². The Morgan fingerprint density at radius 1 is 1.20 bits per heavy atom. The zero-order valence-electron chi connectivity index (χ0n) is 15.7. The maximum Gasteiger partial charge on any atom is 0.0868 e. The van der Waals surface area contributed by atoms with Gasteiger partial charge in [-0.15, -0.1) is 66.3 Å². The normalized spacial score (nSPS) is 12.6. The van der Waals surface area contributed by atoms with E-state index < -0.39 is 0 Å². The predicted molar refractivity (Wildman–Crippen MR) is 107 cm³/mol. The average molecular weight is 423 g/mol. The van der Waals surface area contributed by atoms with Crippen LogP contribution in [0.25, 0.3) is 5.57 Å². The van der Waals surface area contributed by atoms with Crippen LogP contribution in [0, 0.1) is 11.5 Å². The van der Waals surface area contributed by atoms with Gasteiger partial charge in [0.25, 0.3) is 0 Å². The van der Waals surface area contributed by atoms with Gasteiger partial charge in [0.1, 0.15) is 0 Å². The smallest absolute Gasteiger partial charge is 0.0868 e. The molecule has 142 valence electrons. The summed E-state index contributed by atoms with van der Waals surface area (Å²) in [5.74, 6) is 0. The van der Waals surface area contributed by atoms with Crippen LogP contribution < -0.4 is 0 Å². The molecule has 1 aliphatic carbocycles. The van der Waals surface area contributed by atoms with Gasteiger partial charge in [-0.3, -0.25) is 5.26 Å². The van der Waals surface area contributed by atoms with Crippen LogP contribution in [0.5, 0.6) is 0 Å². The van der Waals surface area contributed by atoms with E-state index >= 15 is 0 Å². The summed E-state index contributed by atoms with van der Waals surface area (Å²) < 4.78 is 0.